The van der Waals surface area contributed by atoms with Crippen LogP contribution < -0.4 is 11.3 Å². The summed E-state index contributed by atoms with van der Waals surface area (Å²) in [5.74, 6) is 0.0886. The van der Waals surface area contributed by atoms with E-state index in [1.165, 1.54) is 0 Å². The molecule has 0 fully saturated rings. The van der Waals surface area contributed by atoms with E-state index in [1.807, 2.05) is 0 Å². The summed E-state index contributed by atoms with van der Waals surface area (Å²) in [4.78, 5) is 18.3. The zero-order chi connectivity index (χ0) is 12.4. The Kier molecular flexibility index (Phi) is 2.82. The highest BCUT2D eigenvalue weighted by atomic mass is 16.3. The van der Waals surface area contributed by atoms with Crippen molar-refractivity contribution in [3.63, 3.8) is 0 Å². The molecule has 0 bridgehead atoms. The van der Waals surface area contributed by atoms with Crippen LogP contribution in [0.1, 0.15) is 12.5 Å². The number of aromatic hydroxyl groups is 1. The van der Waals surface area contributed by atoms with Gasteiger partial charge in [-0.25, -0.2) is 0 Å². The number of nitrogens with one attached hydrogen (secondary N) is 1. The van der Waals surface area contributed by atoms with Crippen LogP contribution in [0, 0.1) is 0 Å². The second-order valence-electron chi connectivity index (χ2n) is 3.70. The topological polar surface area (TPSA) is 92.0 Å². The summed E-state index contributed by atoms with van der Waals surface area (Å²) in [6.45, 7) is 1.78. The Morgan fingerprint density at radius 3 is 2.82 bits per heavy atom. The van der Waals surface area contributed by atoms with Gasteiger partial charge in [0.2, 0.25) is 5.88 Å². The van der Waals surface area contributed by atoms with Crippen molar-refractivity contribution in [2.45, 2.75) is 13.3 Å². The number of aromatic nitrogens is 2. The molecule has 0 aliphatic rings. The predicted octanol–water partition coefficient (Wildman–Crippen LogP) is 1.29. The van der Waals surface area contributed by atoms with Crippen LogP contribution in [0.5, 0.6) is 5.88 Å². The molecule has 1 heterocycles. The summed E-state index contributed by atoms with van der Waals surface area (Å²) >= 11 is 0. The summed E-state index contributed by atoms with van der Waals surface area (Å²) in [5.41, 5.74) is 6.85. The van der Waals surface area contributed by atoms with E-state index in [1.54, 1.807) is 31.2 Å². The minimum absolute atomic E-state index is 0.228. The molecule has 0 radical (unpaired) electrons. The molecule has 5 heteroatoms. The van der Waals surface area contributed by atoms with Gasteiger partial charge in [-0.15, -0.1) is 0 Å². The molecule has 2 rings (SSSR count). The minimum Gasteiger partial charge on any atom is -0.493 e. The lowest BCUT2D eigenvalue weighted by Gasteiger charge is -2.05. The maximum Gasteiger partial charge on any atom is 0.258 e. The van der Waals surface area contributed by atoms with Crippen molar-refractivity contribution in [1.29, 1.82) is 0 Å². The van der Waals surface area contributed by atoms with Crippen LogP contribution in [-0.4, -0.2) is 15.1 Å². The van der Waals surface area contributed by atoms with E-state index >= 15 is 0 Å². The molecule has 88 valence electrons. The predicted molar refractivity (Wildman–Crippen MR) is 65.7 cm³/mol. The van der Waals surface area contributed by atoms with Crippen molar-refractivity contribution in [2.24, 2.45) is 0 Å². The standard InChI is InChI=1S/C12H13N3O2/c1-2-9-11(16)14-10(15-12(9)17)7-4-3-5-8(13)6-7/h3-6H,2,13H2,1H3,(H2,14,15,16,17). The van der Waals surface area contributed by atoms with Crippen molar-refractivity contribution in [1.82, 2.24) is 9.97 Å². The van der Waals surface area contributed by atoms with Crippen molar-refractivity contribution in [3.05, 3.63) is 40.2 Å². The average molecular weight is 231 g/mol. The molecule has 0 saturated heterocycles. The van der Waals surface area contributed by atoms with Gasteiger partial charge in [0.1, 0.15) is 5.82 Å². The Labute approximate surface area is 98.0 Å². The smallest absolute Gasteiger partial charge is 0.258 e. The Bertz CT molecular complexity index is 605. The highest BCUT2D eigenvalue weighted by molar-refractivity contribution is 5.61. The van der Waals surface area contributed by atoms with Gasteiger partial charge in [0.15, 0.2) is 0 Å². The molecule has 17 heavy (non-hydrogen) atoms. The highest BCUT2D eigenvalue weighted by Crippen LogP contribution is 2.19. The van der Waals surface area contributed by atoms with Gasteiger partial charge in [-0.1, -0.05) is 19.1 Å². The quantitative estimate of drug-likeness (QED) is 0.679. The second-order valence-corrected chi connectivity index (χ2v) is 3.70. The van der Waals surface area contributed by atoms with E-state index < -0.39 is 0 Å². The first-order chi connectivity index (χ1) is 8.11. The highest BCUT2D eigenvalue weighted by Gasteiger charge is 2.09. The van der Waals surface area contributed by atoms with E-state index in [2.05, 4.69) is 9.97 Å². The Morgan fingerprint density at radius 1 is 1.47 bits per heavy atom. The van der Waals surface area contributed by atoms with Gasteiger partial charge in [0.25, 0.3) is 5.56 Å². The van der Waals surface area contributed by atoms with Gasteiger partial charge in [-0.05, 0) is 18.6 Å². The Hall–Kier alpha value is -2.30. The number of hydrogen-bond donors (Lipinski definition) is 3. The lowest BCUT2D eigenvalue weighted by atomic mass is 10.2. The third-order valence-corrected chi connectivity index (χ3v) is 2.51. The number of rotatable bonds is 2. The number of nitrogens with zero attached hydrogens (tertiary/aromatic N) is 1. The molecule has 0 aliphatic carbocycles. The van der Waals surface area contributed by atoms with Gasteiger partial charge in [0.05, 0.1) is 5.56 Å². The van der Waals surface area contributed by atoms with E-state index in [9.17, 15) is 9.90 Å². The van der Waals surface area contributed by atoms with Crippen LogP contribution in [-0.2, 0) is 6.42 Å². The molecule has 0 atom stereocenters. The minimum atomic E-state index is -0.322. The first-order valence-electron chi connectivity index (χ1n) is 5.30. The van der Waals surface area contributed by atoms with Gasteiger partial charge < -0.3 is 15.8 Å². The van der Waals surface area contributed by atoms with Gasteiger partial charge in [-0.2, -0.15) is 4.98 Å². The molecule has 1 aromatic carbocycles. The monoisotopic (exact) mass is 231 g/mol. The number of anilines is 1. The average Bonchev–Trinajstić information content (AvgIpc) is 2.28. The van der Waals surface area contributed by atoms with Gasteiger partial charge in [-0.3, -0.25) is 4.79 Å². The second kappa shape index (κ2) is 4.29. The molecule has 0 spiro atoms. The molecule has 0 amide bonds. The van der Waals surface area contributed by atoms with Crippen LogP contribution in [0.4, 0.5) is 5.69 Å². The number of nitrogen functional groups attached to an aromatic ring is 1. The number of nitrogens with two attached hydrogens (primary N) is 1. The molecule has 0 aliphatic heterocycles. The SMILES string of the molecule is CCc1c(O)nc(-c2cccc(N)c2)[nH]c1=O. The van der Waals surface area contributed by atoms with E-state index in [-0.39, 0.29) is 17.0 Å². The largest absolute Gasteiger partial charge is 0.493 e. The van der Waals surface area contributed by atoms with E-state index in [0.29, 0.717) is 23.5 Å². The van der Waals surface area contributed by atoms with Crippen LogP contribution in [0.15, 0.2) is 29.1 Å². The van der Waals surface area contributed by atoms with Crippen molar-refractivity contribution in [3.8, 4) is 17.3 Å². The maximum absolute atomic E-state index is 11.7. The van der Waals surface area contributed by atoms with E-state index in [4.69, 9.17) is 5.73 Å². The number of aromatic amines is 1. The molecule has 5 nitrogen and oxygen atoms in total. The Balaban J connectivity index is 2.58. The molecular weight excluding hydrogens is 218 g/mol. The van der Waals surface area contributed by atoms with Gasteiger partial charge in [0, 0.05) is 11.3 Å². The van der Waals surface area contributed by atoms with Gasteiger partial charge >= 0.3 is 0 Å². The molecular formula is C12H13N3O2. The van der Waals surface area contributed by atoms with E-state index in [0.717, 1.165) is 0 Å². The number of hydrogen-bond acceptors (Lipinski definition) is 4. The lowest BCUT2D eigenvalue weighted by molar-refractivity contribution is 0.444. The van der Waals surface area contributed by atoms with Crippen molar-refractivity contribution < 1.29 is 5.11 Å². The fourth-order valence-electron chi connectivity index (χ4n) is 1.63. The zero-order valence-electron chi connectivity index (χ0n) is 9.40. The molecule has 2 aromatic rings. The fourth-order valence-corrected chi connectivity index (χ4v) is 1.63. The summed E-state index contributed by atoms with van der Waals surface area (Å²) < 4.78 is 0. The number of benzene rings is 1. The van der Waals surface area contributed by atoms with Crippen molar-refractivity contribution >= 4 is 5.69 Å². The van der Waals surface area contributed by atoms with Crippen molar-refractivity contribution in [2.75, 3.05) is 5.73 Å². The zero-order valence-corrected chi connectivity index (χ0v) is 9.40. The summed E-state index contributed by atoms with van der Waals surface area (Å²) in [6, 6.07) is 6.94. The molecule has 4 N–H and O–H groups in total. The third kappa shape index (κ3) is 2.13. The lowest BCUT2D eigenvalue weighted by Crippen LogP contribution is -2.14. The fraction of sp³-hybridized carbons (Fsp3) is 0.167. The van der Waals surface area contributed by atoms with Crippen LogP contribution in [0.3, 0.4) is 0 Å². The summed E-state index contributed by atoms with van der Waals surface area (Å²) in [7, 11) is 0. The normalized spacial score (nSPS) is 10.4. The first kappa shape index (κ1) is 11.2. The van der Waals surface area contributed by atoms with Crippen LogP contribution >= 0.6 is 0 Å². The molecule has 1 aromatic heterocycles. The Morgan fingerprint density at radius 2 is 2.24 bits per heavy atom. The molecule has 0 unspecified atom stereocenters. The summed E-state index contributed by atoms with van der Waals surface area (Å²) in [6.07, 6.45) is 0.436. The molecule has 0 saturated carbocycles. The third-order valence-electron chi connectivity index (χ3n) is 2.51. The first-order valence-corrected chi connectivity index (χ1v) is 5.30. The maximum atomic E-state index is 11.7. The summed E-state index contributed by atoms with van der Waals surface area (Å²) in [5, 5.41) is 9.64. The van der Waals surface area contributed by atoms with Crippen LogP contribution in [0.2, 0.25) is 0 Å². The number of H-pyrrole nitrogens is 1. The van der Waals surface area contributed by atoms with Crippen LogP contribution in [0.25, 0.3) is 11.4 Å².